The molecule has 32 heavy (non-hydrogen) atoms. The monoisotopic (exact) mass is 452 g/mol. The van der Waals surface area contributed by atoms with Crippen LogP contribution in [0.3, 0.4) is 0 Å². The molecule has 1 aliphatic rings. The third-order valence-corrected chi connectivity index (χ3v) is 6.03. The number of fused-ring (bicyclic) bond motifs is 1. The Bertz CT molecular complexity index is 1260. The molecule has 2 heterocycles. The van der Waals surface area contributed by atoms with Gasteiger partial charge in [-0.2, -0.15) is 0 Å². The Morgan fingerprint density at radius 3 is 2.47 bits per heavy atom. The minimum atomic E-state index is -0.492. The maximum absolute atomic E-state index is 12.9. The van der Waals surface area contributed by atoms with E-state index in [1.165, 1.54) is 17.7 Å². The molecule has 8 nitrogen and oxygen atoms in total. The Labute approximate surface area is 190 Å². The number of aromatic nitrogens is 2. The molecule has 0 atom stereocenters. The number of nitrogens with zero attached hydrogens (tertiary/aromatic N) is 3. The molecule has 1 aliphatic heterocycles. The first-order valence-corrected chi connectivity index (χ1v) is 10.8. The summed E-state index contributed by atoms with van der Waals surface area (Å²) in [6.45, 7) is 3.02. The molecule has 2 aromatic carbocycles. The van der Waals surface area contributed by atoms with E-state index in [1.807, 2.05) is 23.1 Å². The lowest BCUT2D eigenvalue weighted by molar-refractivity contribution is -0.131. The Morgan fingerprint density at radius 2 is 1.78 bits per heavy atom. The van der Waals surface area contributed by atoms with Gasteiger partial charge in [0.1, 0.15) is 0 Å². The molecule has 166 valence electrons. The highest BCUT2D eigenvalue weighted by atomic mass is 32.1. The van der Waals surface area contributed by atoms with Crippen LogP contribution in [0.5, 0.6) is 0 Å². The summed E-state index contributed by atoms with van der Waals surface area (Å²) in [4.78, 5) is 44.5. The molecule has 0 unspecified atom stereocenters. The number of H-pyrrole nitrogens is 1. The minimum absolute atomic E-state index is 0.000137. The third kappa shape index (κ3) is 4.43. The molecule has 0 spiro atoms. The molecule has 1 aromatic heterocycles. The second-order valence-corrected chi connectivity index (χ2v) is 7.98. The number of nitrogens with one attached hydrogen (secondary N) is 1. The Balaban J connectivity index is 1.43. The molecule has 0 radical (unpaired) electrons. The highest BCUT2D eigenvalue weighted by Crippen LogP contribution is 2.16. The zero-order chi connectivity index (χ0) is 22.7. The highest BCUT2D eigenvalue weighted by Gasteiger charge is 2.21. The number of hydrogen-bond acceptors (Lipinski definition) is 6. The number of ether oxygens (including phenoxy) is 1. The van der Waals surface area contributed by atoms with E-state index < -0.39 is 5.97 Å². The number of benzene rings is 2. The van der Waals surface area contributed by atoms with Gasteiger partial charge in [-0.25, -0.2) is 4.79 Å². The zero-order valence-electron chi connectivity index (χ0n) is 17.7. The molecular weight excluding hydrogens is 428 g/mol. The number of esters is 1. The van der Waals surface area contributed by atoms with Crippen LogP contribution >= 0.6 is 12.2 Å². The molecule has 3 aromatic rings. The standard InChI is InChI=1S/C23H24N4O4S/c1-31-22(30)16-7-8-18-19(15-16)24-23(32)27(21(18)29)10-9-20(28)26-13-11-25(12-14-26)17-5-3-2-4-6-17/h2-8,15H,9-14H2,1H3,(H,24,32). The van der Waals surface area contributed by atoms with Gasteiger partial charge in [-0.15, -0.1) is 0 Å². The Kier molecular flexibility index (Phi) is 6.36. The summed E-state index contributed by atoms with van der Waals surface area (Å²) in [7, 11) is 1.30. The third-order valence-electron chi connectivity index (χ3n) is 5.71. The maximum Gasteiger partial charge on any atom is 0.337 e. The van der Waals surface area contributed by atoms with Crippen molar-refractivity contribution in [2.75, 3.05) is 38.2 Å². The van der Waals surface area contributed by atoms with Crippen molar-refractivity contribution >= 4 is 40.7 Å². The Morgan fingerprint density at radius 1 is 1.06 bits per heavy atom. The normalized spacial score (nSPS) is 13.9. The molecule has 1 saturated heterocycles. The minimum Gasteiger partial charge on any atom is -0.465 e. The second kappa shape index (κ2) is 9.35. The summed E-state index contributed by atoms with van der Waals surface area (Å²) in [5.74, 6) is -0.492. The maximum atomic E-state index is 12.9. The largest absolute Gasteiger partial charge is 0.465 e. The van der Waals surface area contributed by atoms with E-state index in [0.717, 1.165) is 18.8 Å². The van der Waals surface area contributed by atoms with Crippen LogP contribution in [-0.2, 0) is 16.1 Å². The van der Waals surface area contributed by atoms with Crippen molar-refractivity contribution in [1.29, 1.82) is 0 Å². The van der Waals surface area contributed by atoms with Gasteiger partial charge in [0.05, 0.1) is 23.6 Å². The van der Waals surface area contributed by atoms with Crippen LogP contribution in [0.1, 0.15) is 16.8 Å². The van der Waals surface area contributed by atoms with E-state index in [0.29, 0.717) is 29.6 Å². The topological polar surface area (TPSA) is 87.6 Å². The number of methoxy groups -OCH3 is 1. The number of piperazine rings is 1. The highest BCUT2D eigenvalue weighted by molar-refractivity contribution is 7.71. The van der Waals surface area contributed by atoms with Crippen LogP contribution in [-0.4, -0.2) is 59.6 Å². The van der Waals surface area contributed by atoms with Crippen LogP contribution in [0, 0.1) is 4.77 Å². The number of aromatic amines is 1. The smallest absolute Gasteiger partial charge is 0.337 e. The van der Waals surface area contributed by atoms with Crippen molar-refractivity contribution in [1.82, 2.24) is 14.5 Å². The first kappa shape index (κ1) is 21.8. The predicted octanol–water partition coefficient (Wildman–Crippen LogP) is 2.58. The lowest BCUT2D eigenvalue weighted by Crippen LogP contribution is -2.49. The molecule has 1 N–H and O–H groups in total. The van der Waals surface area contributed by atoms with Gasteiger partial charge in [-0.05, 0) is 42.5 Å². The van der Waals surface area contributed by atoms with Crippen molar-refractivity contribution < 1.29 is 14.3 Å². The van der Waals surface area contributed by atoms with Gasteiger partial charge in [-0.1, -0.05) is 18.2 Å². The van der Waals surface area contributed by atoms with Gasteiger partial charge in [0.25, 0.3) is 5.56 Å². The zero-order valence-corrected chi connectivity index (χ0v) is 18.6. The van der Waals surface area contributed by atoms with Crippen molar-refractivity contribution in [2.45, 2.75) is 13.0 Å². The fourth-order valence-electron chi connectivity index (χ4n) is 3.92. The summed E-state index contributed by atoms with van der Waals surface area (Å²) < 4.78 is 6.33. The van der Waals surface area contributed by atoms with E-state index in [-0.39, 0.29) is 29.2 Å². The number of rotatable bonds is 5. The summed E-state index contributed by atoms with van der Waals surface area (Å²) in [6.07, 6.45) is 0.189. The molecule has 4 rings (SSSR count). The molecule has 0 saturated carbocycles. The quantitative estimate of drug-likeness (QED) is 0.473. The average Bonchev–Trinajstić information content (AvgIpc) is 2.83. The van der Waals surface area contributed by atoms with Crippen LogP contribution in [0.2, 0.25) is 0 Å². The van der Waals surface area contributed by atoms with Gasteiger partial charge in [0.15, 0.2) is 4.77 Å². The van der Waals surface area contributed by atoms with Crippen molar-refractivity contribution in [3.8, 4) is 0 Å². The number of carbonyl (C=O) groups is 2. The molecular formula is C23H24N4O4S. The second-order valence-electron chi connectivity index (χ2n) is 7.59. The summed E-state index contributed by atoms with van der Waals surface area (Å²) in [5.41, 5.74) is 1.65. The fraction of sp³-hybridized carbons (Fsp3) is 0.304. The van der Waals surface area contributed by atoms with Gasteiger partial charge in [0, 0.05) is 44.8 Å². The summed E-state index contributed by atoms with van der Waals surface area (Å²) in [5, 5.41) is 0.398. The molecule has 9 heteroatoms. The lowest BCUT2D eigenvalue weighted by Gasteiger charge is -2.36. The molecule has 1 fully saturated rings. The number of hydrogen-bond donors (Lipinski definition) is 1. The first-order valence-electron chi connectivity index (χ1n) is 10.4. The van der Waals surface area contributed by atoms with E-state index >= 15 is 0 Å². The van der Waals surface area contributed by atoms with E-state index in [2.05, 4.69) is 22.0 Å². The van der Waals surface area contributed by atoms with Crippen LogP contribution in [0.15, 0.2) is 53.3 Å². The van der Waals surface area contributed by atoms with Crippen molar-refractivity contribution in [3.63, 3.8) is 0 Å². The lowest BCUT2D eigenvalue weighted by atomic mass is 10.1. The molecule has 0 bridgehead atoms. The Hall–Kier alpha value is -3.46. The van der Waals surface area contributed by atoms with Gasteiger partial charge in [0.2, 0.25) is 5.91 Å². The van der Waals surface area contributed by atoms with E-state index in [1.54, 1.807) is 12.1 Å². The number of para-hydroxylation sites is 1. The van der Waals surface area contributed by atoms with Gasteiger partial charge < -0.3 is 19.5 Å². The molecule has 1 amide bonds. The van der Waals surface area contributed by atoms with E-state index in [9.17, 15) is 14.4 Å². The van der Waals surface area contributed by atoms with E-state index in [4.69, 9.17) is 17.0 Å². The van der Waals surface area contributed by atoms with Crippen molar-refractivity contribution in [2.24, 2.45) is 0 Å². The number of anilines is 1. The van der Waals surface area contributed by atoms with Gasteiger partial charge in [-0.3, -0.25) is 14.2 Å². The SMILES string of the molecule is COC(=O)c1ccc2c(=O)n(CCC(=O)N3CCN(c4ccccc4)CC3)c(=S)[nH]c2c1. The van der Waals surface area contributed by atoms with Gasteiger partial charge >= 0.3 is 5.97 Å². The molecule has 0 aliphatic carbocycles. The average molecular weight is 453 g/mol. The van der Waals surface area contributed by atoms with Crippen LogP contribution in [0.25, 0.3) is 10.9 Å². The summed E-state index contributed by atoms with van der Waals surface area (Å²) >= 11 is 5.34. The summed E-state index contributed by atoms with van der Waals surface area (Å²) in [6, 6.07) is 14.8. The van der Waals surface area contributed by atoms with Crippen LogP contribution < -0.4 is 10.5 Å². The predicted molar refractivity (Wildman–Crippen MR) is 125 cm³/mol. The van der Waals surface area contributed by atoms with Crippen LogP contribution in [0.4, 0.5) is 5.69 Å². The fourth-order valence-corrected chi connectivity index (χ4v) is 4.20. The first-order chi connectivity index (χ1) is 15.5. The number of carbonyl (C=O) groups excluding carboxylic acids is 2. The number of amides is 1. The van der Waals surface area contributed by atoms with Crippen molar-refractivity contribution in [3.05, 3.63) is 69.2 Å².